The number of benzene rings is 2. The van der Waals surface area contributed by atoms with Crippen LogP contribution in [0.2, 0.25) is 0 Å². The smallest absolute Gasteiger partial charge is 0.410 e. The fourth-order valence-electron chi connectivity index (χ4n) is 6.20. The minimum Gasteiger partial charge on any atom is -0.444 e. The highest BCUT2D eigenvalue weighted by molar-refractivity contribution is 7.93. The van der Waals surface area contributed by atoms with Gasteiger partial charge in [0.1, 0.15) is 17.2 Å². The number of sulfonamides is 2. The molecule has 0 N–H and O–H groups in total. The summed E-state index contributed by atoms with van der Waals surface area (Å²) in [6, 6.07) is 10.2. The number of nitrogens with zero attached hydrogens (tertiary/aromatic N) is 7. The molecule has 0 saturated carbocycles. The number of rotatable bonds is 14. The first kappa shape index (κ1) is 39.7. The van der Waals surface area contributed by atoms with Gasteiger partial charge in [0, 0.05) is 25.5 Å². The van der Waals surface area contributed by atoms with Gasteiger partial charge >= 0.3 is 6.09 Å². The fourth-order valence-corrected chi connectivity index (χ4v) is 9.20. The maximum Gasteiger partial charge on any atom is 0.410 e. The normalized spacial score (nSPS) is 16.8. The molecule has 288 valence electrons. The largest absolute Gasteiger partial charge is 0.444 e. The molecule has 17 heteroatoms. The van der Waals surface area contributed by atoms with E-state index in [2.05, 4.69) is 10.2 Å². The van der Waals surface area contributed by atoms with Crippen molar-refractivity contribution in [3.63, 3.8) is 0 Å². The van der Waals surface area contributed by atoms with Crippen LogP contribution in [0.4, 0.5) is 25.0 Å². The Balaban J connectivity index is 1.52. The maximum atomic E-state index is 13.7. The molecule has 0 aliphatic carbocycles. The van der Waals surface area contributed by atoms with Gasteiger partial charge < -0.3 is 9.64 Å². The van der Waals surface area contributed by atoms with Gasteiger partial charge in [-0.25, -0.2) is 30.4 Å². The molecule has 1 fully saturated rings. The highest BCUT2D eigenvalue weighted by Gasteiger charge is 2.38. The second-order valence-corrected chi connectivity index (χ2v) is 18.1. The number of halogens is 2. The van der Waals surface area contributed by atoms with Crippen molar-refractivity contribution in [2.75, 3.05) is 33.2 Å². The first-order valence-corrected chi connectivity index (χ1v) is 20.8. The van der Waals surface area contributed by atoms with Crippen LogP contribution in [0.25, 0.3) is 0 Å². The average molecular weight is 776 g/mol. The van der Waals surface area contributed by atoms with Crippen LogP contribution in [-0.2, 0) is 37.9 Å². The topological polar surface area (TPSA) is 140 Å². The molecule has 2 aromatic heterocycles. The third-order valence-electron chi connectivity index (χ3n) is 8.70. The van der Waals surface area contributed by atoms with Gasteiger partial charge in [-0.1, -0.05) is 38.1 Å². The lowest BCUT2D eigenvalue weighted by Crippen LogP contribution is -2.47. The van der Waals surface area contributed by atoms with Gasteiger partial charge in [0.25, 0.3) is 0 Å². The fraction of sp³-hybridized carbons (Fsp3) is 0.472. The number of anilines is 2. The molecule has 0 radical (unpaired) electrons. The summed E-state index contributed by atoms with van der Waals surface area (Å²) in [5.41, 5.74) is 1.03. The van der Waals surface area contributed by atoms with Crippen LogP contribution >= 0.6 is 0 Å². The molecule has 2 atom stereocenters. The standard InChI is InChI=1S/C36H47F2N7O6S2/c1-6-18-52(47,48)44(22-27-8-12-29(37)13-9-27)31-20-39-42(24-31)33-16-17-41(35(46)51-36(3,4)5)26-34(33)43-25-32(21-40-43)45(53(49,50)19-7-2)23-28-10-14-30(38)15-11-28/h8-15,20-21,24-25,33-34H,6-7,16-19,22-23,26H2,1-5H3. The van der Waals surface area contributed by atoms with E-state index in [4.69, 9.17) is 4.74 Å². The summed E-state index contributed by atoms with van der Waals surface area (Å²) in [6.07, 6.45) is 6.76. The van der Waals surface area contributed by atoms with Crippen molar-refractivity contribution in [3.8, 4) is 0 Å². The van der Waals surface area contributed by atoms with Gasteiger partial charge in [0.15, 0.2) is 0 Å². The predicted octanol–water partition coefficient (Wildman–Crippen LogP) is 6.27. The lowest BCUT2D eigenvalue weighted by molar-refractivity contribution is 0.0106. The molecular weight excluding hydrogens is 729 g/mol. The molecule has 1 aliphatic rings. The molecular formula is C36H47F2N7O6S2. The molecule has 13 nitrogen and oxygen atoms in total. The summed E-state index contributed by atoms with van der Waals surface area (Å²) in [5, 5.41) is 9.20. The van der Waals surface area contributed by atoms with Gasteiger partial charge in [-0.2, -0.15) is 10.2 Å². The first-order chi connectivity index (χ1) is 25.0. The SMILES string of the molecule is CCCS(=O)(=O)N(Cc1ccc(F)cc1)c1cnn(C2CCN(C(=O)OC(C)(C)C)CC2n2cc(N(Cc3ccc(F)cc3)S(=O)(=O)CCC)cn2)c1. The molecule has 1 amide bonds. The lowest BCUT2D eigenvalue weighted by Gasteiger charge is -2.39. The van der Waals surface area contributed by atoms with Crippen molar-refractivity contribution in [2.45, 2.75) is 84.7 Å². The van der Waals surface area contributed by atoms with Crippen LogP contribution in [0.3, 0.4) is 0 Å². The number of ether oxygens (including phenoxy) is 1. The van der Waals surface area contributed by atoms with E-state index in [-0.39, 0.29) is 36.8 Å². The zero-order valence-electron chi connectivity index (χ0n) is 30.6. The van der Waals surface area contributed by atoms with E-state index in [1.807, 2.05) is 0 Å². The summed E-state index contributed by atoms with van der Waals surface area (Å²) in [4.78, 5) is 14.8. The van der Waals surface area contributed by atoms with E-state index in [1.165, 1.54) is 69.5 Å². The molecule has 4 aromatic rings. The van der Waals surface area contributed by atoms with Crippen molar-refractivity contribution < 1.29 is 35.1 Å². The van der Waals surface area contributed by atoms with Crippen molar-refractivity contribution in [1.82, 2.24) is 24.5 Å². The number of aromatic nitrogens is 4. The first-order valence-electron chi connectivity index (χ1n) is 17.6. The maximum absolute atomic E-state index is 13.7. The van der Waals surface area contributed by atoms with E-state index >= 15 is 0 Å². The zero-order valence-corrected chi connectivity index (χ0v) is 32.2. The van der Waals surface area contributed by atoms with Crippen molar-refractivity contribution in [2.24, 2.45) is 0 Å². The summed E-state index contributed by atoms with van der Waals surface area (Å²) >= 11 is 0. The van der Waals surface area contributed by atoms with E-state index in [9.17, 15) is 30.4 Å². The van der Waals surface area contributed by atoms with E-state index < -0.39 is 55.5 Å². The summed E-state index contributed by atoms with van der Waals surface area (Å²) in [6.45, 7) is 9.20. The summed E-state index contributed by atoms with van der Waals surface area (Å²) < 4.78 is 92.9. The Hall–Kier alpha value is -4.51. The van der Waals surface area contributed by atoms with Gasteiger partial charge in [0.2, 0.25) is 20.0 Å². The van der Waals surface area contributed by atoms with Gasteiger partial charge in [0.05, 0.1) is 60.4 Å². The Morgan fingerprint density at radius 1 is 0.774 bits per heavy atom. The van der Waals surface area contributed by atoms with E-state index in [0.29, 0.717) is 42.6 Å². The van der Waals surface area contributed by atoms with Crippen LogP contribution < -0.4 is 8.61 Å². The molecule has 2 unspecified atom stereocenters. The van der Waals surface area contributed by atoms with Gasteiger partial charge in [-0.3, -0.25) is 18.0 Å². The highest BCUT2D eigenvalue weighted by atomic mass is 32.2. The third-order valence-corrected chi connectivity index (χ3v) is 12.6. The van der Waals surface area contributed by atoms with Crippen LogP contribution in [0.1, 0.15) is 77.1 Å². The molecule has 53 heavy (non-hydrogen) atoms. The minimum atomic E-state index is -3.81. The van der Waals surface area contributed by atoms with Gasteiger partial charge in [-0.05, 0) is 75.4 Å². The molecule has 1 saturated heterocycles. The number of piperidine rings is 1. The predicted molar refractivity (Wildman–Crippen MR) is 198 cm³/mol. The third kappa shape index (κ3) is 9.93. The second kappa shape index (κ2) is 16.2. The van der Waals surface area contributed by atoms with Gasteiger partial charge in [-0.15, -0.1) is 0 Å². The average Bonchev–Trinajstić information content (AvgIpc) is 3.77. The number of carbonyl (C=O) groups excluding carboxylic acids is 1. The number of hydrogen-bond acceptors (Lipinski definition) is 8. The monoisotopic (exact) mass is 775 g/mol. The summed E-state index contributed by atoms with van der Waals surface area (Å²) in [5.74, 6) is -1.10. The Morgan fingerprint density at radius 3 is 1.62 bits per heavy atom. The molecule has 2 aromatic carbocycles. The molecule has 0 bridgehead atoms. The minimum absolute atomic E-state index is 0.0343. The Labute approximate surface area is 310 Å². The van der Waals surface area contributed by atoms with E-state index in [0.717, 1.165) is 0 Å². The van der Waals surface area contributed by atoms with E-state index in [1.54, 1.807) is 61.3 Å². The highest BCUT2D eigenvalue weighted by Crippen LogP contribution is 2.35. The number of amides is 1. The quantitative estimate of drug-likeness (QED) is 0.146. The number of likely N-dealkylation sites (tertiary alicyclic amines) is 1. The lowest BCUT2D eigenvalue weighted by atomic mass is 9.99. The molecule has 0 spiro atoms. The molecule has 1 aliphatic heterocycles. The van der Waals surface area contributed by atoms with Crippen LogP contribution in [0.15, 0.2) is 73.3 Å². The van der Waals surface area contributed by atoms with Crippen LogP contribution in [-0.4, -0.2) is 77.6 Å². The van der Waals surface area contributed by atoms with Crippen molar-refractivity contribution >= 4 is 37.5 Å². The molecule has 5 rings (SSSR count). The number of hydrogen-bond donors (Lipinski definition) is 0. The van der Waals surface area contributed by atoms with Crippen molar-refractivity contribution in [1.29, 1.82) is 0 Å². The summed E-state index contributed by atoms with van der Waals surface area (Å²) in [7, 11) is -7.61. The Kier molecular flexibility index (Phi) is 12.2. The second-order valence-electron chi connectivity index (χ2n) is 14.1. The van der Waals surface area contributed by atoms with Crippen LogP contribution in [0.5, 0.6) is 0 Å². The number of carbonyl (C=O) groups is 1. The Morgan fingerprint density at radius 2 is 1.21 bits per heavy atom. The van der Waals surface area contributed by atoms with Crippen molar-refractivity contribution in [3.05, 3.63) is 96.1 Å². The van der Waals surface area contributed by atoms with Crippen LogP contribution in [0, 0.1) is 11.6 Å². The Bertz CT molecular complexity index is 2060. The molecule has 3 heterocycles. The zero-order chi connectivity index (χ0) is 38.6.